The Kier molecular flexibility index (Phi) is 5.15. The van der Waals surface area contributed by atoms with Crippen LogP contribution < -0.4 is 5.32 Å². The SMILES string of the molecule is OCCOCCNc1nc(-c2ccncc2)nc2ccc(O)cc12. The van der Waals surface area contributed by atoms with Gasteiger partial charge in [0.15, 0.2) is 5.82 Å². The summed E-state index contributed by atoms with van der Waals surface area (Å²) in [5, 5.41) is 22.4. The number of fused-ring (bicyclic) bond motifs is 1. The van der Waals surface area contributed by atoms with Crippen molar-refractivity contribution in [1.29, 1.82) is 0 Å². The van der Waals surface area contributed by atoms with E-state index in [-0.39, 0.29) is 12.4 Å². The topological polar surface area (TPSA) is 100 Å². The summed E-state index contributed by atoms with van der Waals surface area (Å²) >= 11 is 0. The zero-order chi connectivity index (χ0) is 16.8. The number of phenolic OH excluding ortho intramolecular Hbond substituents is 1. The van der Waals surface area contributed by atoms with Gasteiger partial charge in [-0.15, -0.1) is 0 Å². The maximum Gasteiger partial charge on any atom is 0.162 e. The quantitative estimate of drug-likeness (QED) is 0.569. The number of anilines is 1. The van der Waals surface area contributed by atoms with Crippen LogP contribution in [0.2, 0.25) is 0 Å². The van der Waals surface area contributed by atoms with Crippen LogP contribution in [0.25, 0.3) is 22.3 Å². The standard InChI is InChI=1S/C17H18N4O3/c22-8-10-24-9-7-19-17-14-11-13(23)1-2-15(14)20-16(21-17)12-3-5-18-6-4-12/h1-6,11,22-23H,7-10H2,(H,19,20,21). The molecule has 0 aliphatic carbocycles. The highest BCUT2D eigenvalue weighted by Gasteiger charge is 2.10. The van der Waals surface area contributed by atoms with Crippen LogP contribution in [0.15, 0.2) is 42.7 Å². The number of hydrogen-bond acceptors (Lipinski definition) is 7. The van der Waals surface area contributed by atoms with Crippen LogP contribution >= 0.6 is 0 Å². The molecule has 7 heteroatoms. The van der Waals surface area contributed by atoms with Gasteiger partial charge in [0.2, 0.25) is 0 Å². The summed E-state index contributed by atoms with van der Waals surface area (Å²) in [4.78, 5) is 13.1. The second kappa shape index (κ2) is 7.67. The van der Waals surface area contributed by atoms with Crippen molar-refractivity contribution in [2.45, 2.75) is 0 Å². The average Bonchev–Trinajstić information content (AvgIpc) is 2.62. The molecule has 2 heterocycles. The summed E-state index contributed by atoms with van der Waals surface area (Å²) in [6.07, 6.45) is 3.38. The molecule has 0 saturated heterocycles. The maximum atomic E-state index is 9.74. The van der Waals surface area contributed by atoms with Crippen LogP contribution in [0, 0.1) is 0 Å². The molecule has 3 N–H and O–H groups in total. The van der Waals surface area contributed by atoms with Crippen molar-refractivity contribution >= 4 is 16.7 Å². The van der Waals surface area contributed by atoms with Gasteiger partial charge < -0.3 is 20.3 Å². The summed E-state index contributed by atoms with van der Waals surface area (Å²) in [6, 6.07) is 8.66. The Morgan fingerprint density at radius 3 is 2.67 bits per heavy atom. The van der Waals surface area contributed by atoms with Gasteiger partial charge >= 0.3 is 0 Å². The molecule has 3 rings (SSSR count). The van der Waals surface area contributed by atoms with E-state index in [1.807, 2.05) is 12.1 Å². The summed E-state index contributed by atoms with van der Waals surface area (Å²) in [7, 11) is 0. The Labute approximate surface area is 139 Å². The normalized spacial score (nSPS) is 10.9. The monoisotopic (exact) mass is 326 g/mol. The Hall–Kier alpha value is -2.77. The Bertz CT molecular complexity index is 812. The number of benzene rings is 1. The molecule has 0 fully saturated rings. The highest BCUT2D eigenvalue weighted by Crippen LogP contribution is 2.27. The first-order valence-corrected chi connectivity index (χ1v) is 7.61. The Morgan fingerprint density at radius 2 is 1.88 bits per heavy atom. The van der Waals surface area contributed by atoms with E-state index in [0.29, 0.717) is 31.4 Å². The van der Waals surface area contributed by atoms with E-state index in [1.54, 1.807) is 30.6 Å². The number of aromatic nitrogens is 3. The molecule has 0 aliphatic heterocycles. The number of rotatable bonds is 7. The lowest BCUT2D eigenvalue weighted by Gasteiger charge is -2.11. The molecule has 0 unspecified atom stereocenters. The first kappa shape index (κ1) is 16.1. The number of nitrogens with one attached hydrogen (secondary N) is 1. The van der Waals surface area contributed by atoms with Gasteiger partial charge in [-0.2, -0.15) is 0 Å². The molecule has 0 radical (unpaired) electrons. The molecule has 2 aromatic heterocycles. The predicted molar refractivity (Wildman–Crippen MR) is 90.8 cm³/mol. The molecule has 0 aliphatic rings. The Morgan fingerprint density at radius 1 is 1.04 bits per heavy atom. The van der Waals surface area contributed by atoms with Gasteiger partial charge in [0.05, 0.1) is 25.3 Å². The van der Waals surface area contributed by atoms with E-state index in [4.69, 9.17) is 9.84 Å². The number of pyridine rings is 1. The maximum absolute atomic E-state index is 9.74. The van der Waals surface area contributed by atoms with E-state index in [2.05, 4.69) is 20.3 Å². The molecule has 1 aromatic carbocycles. The van der Waals surface area contributed by atoms with Crippen LogP contribution in [-0.2, 0) is 4.74 Å². The molecule has 0 bridgehead atoms. The van der Waals surface area contributed by atoms with Crippen molar-refractivity contribution in [1.82, 2.24) is 15.0 Å². The minimum absolute atomic E-state index is 0.00347. The van der Waals surface area contributed by atoms with Crippen molar-refractivity contribution in [3.8, 4) is 17.1 Å². The minimum atomic E-state index is -0.00347. The van der Waals surface area contributed by atoms with E-state index in [9.17, 15) is 5.11 Å². The number of hydrogen-bond donors (Lipinski definition) is 3. The van der Waals surface area contributed by atoms with Crippen molar-refractivity contribution in [3.63, 3.8) is 0 Å². The first-order chi connectivity index (χ1) is 11.8. The van der Waals surface area contributed by atoms with Gasteiger partial charge in [-0.3, -0.25) is 4.98 Å². The number of phenols is 1. The number of nitrogens with zero attached hydrogens (tertiary/aromatic N) is 3. The lowest BCUT2D eigenvalue weighted by Crippen LogP contribution is -2.13. The average molecular weight is 326 g/mol. The second-order valence-electron chi connectivity index (χ2n) is 5.10. The van der Waals surface area contributed by atoms with E-state index in [0.717, 1.165) is 16.5 Å². The number of aliphatic hydroxyl groups is 1. The van der Waals surface area contributed by atoms with Crippen molar-refractivity contribution < 1.29 is 14.9 Å². The predicted octanol–water partition coefficient (Wildman–Crippen LogP) is 1.82. The van der Waals surface area contributed by atoms with Gasteiger partial charge in [-0.1, -0.05) is 0 Å². The number of ether oxygens (including phenoxy) is 1. The van der Waals surface area contributed by atoms with Crippen molar-refractivity contribution in [2.75, 3.05) is 31.7 Å². The molecule has 0 amide bonds. The minimum Gasteiger partial charge on any atom is -0.508 e. The zero-order valence-electron chi connectivity index (χ0n) is 13.0. The zero-order valence-corrected chi connectivity index (χ0v) is 13.0. The highest BCUT2D eigenvalue weighted by molar-refractivity contribution is 5.91. The molecule has 3 aromatic rings. The van der Waals surface area contributed by atoms with E-state index >= 15 is 0 Å². The molecular formula is C17H18N4O3. The Balaban J connectivity index is 1.93. The fourth-order valence-corrected chi connectivity index (χ4v) is 2.29. The molecule has 24 heavy (non-hydrogen) atoms. The number of aromatic hydroxyl groups is 1. The first-order valence-electron chi connectivity index (χ1n) is 7.61. The number of aliphatic hydroxyl groups excluding tert-OH is 1. The van der Waals surface area contributed by atoms with Gasteiger partial charge in [0, 0.05) is 29.9 Å². The summed E-state index contributed by atoms with van der Waals surface area (Å²) < 4.78 is 5.24. The smallest absolute Gasteiger partial charge is 0.162 e. The largest absolute Gasteiger partial charge is 0.508 e. The molecule has 7 nitrogen and oxygen atoms in total. The third-order valence-electron chi connectivity index (χ3n) is 3.39. The molecule has 124 valence electrons. The molecule has 0 atom stereocenters. The molecule has 0 spiro atoms. The van der Waals surface area contributed by atoms with Crippen LogP contribution in [0.5, 0.6) is 5.75 Å². The lowest BCUT2D eigenvalue weighted by molar-refractivity contribution is 0.0992. The third kappa shape index (κ3) is 3.76. The van der Waals surface area contributed by atoms with Gasteiger partial charge in [-0.05, 0) is 30.3 Å². The fourth-order valence-electron chi connectivity index (χ4n) is 2.29. The highest BCUT2D eigenvalue weighted by atomic mass is 16.5. The van der Waals surface area contributed by atoms with Gasteiger partial charge in [0.25, 0.3) is 0 Å². The van der Waals surface area contributed by atoms with E-state index in [1.165, 1.54) is 0 Å². The van der Waals surface area contributed by atoms with Gasteiger partial charge in [-0.25, -0.2) is 9.97 Å². The fraction of sp³-hybridized carbons (Fsp3) is 0.235. The lowest BCUT2D eigenvalue weighted by atomic mass is 10.2. The van der Waals surface area contributed by atoms with Crippen molar-refractivity contribution in [2.24, 2.45) is 0 Å². The van der Waals surface area contributed by atoms with Crippen LogP contribution in [0.1, 0.15) is 0 Å². The van der Waals surface area contributed by atoms with E-state index < -0.39 is 0 Å². The second-order valence-corrected chi connectivity index (χ2v) is 5.10. The molecule has 0 saturated carbocycles. The third-order valence-corrected chi connectivity index (χ3v) is 3.39. The van der Waals surface area contributed by atoms with Gasteiger partial charge in [0.1, 0.15) is 11.6 Å². The van der Waals surface area contributed by atoms with Crippen molar-refractivity contribution in [3.05, 3.63) is 42.7 Å². The summed E-state index contributed by atoms with van der Waals surface area (Å²) in [6.45, 7) is 1.26. The molecular weight excluding hydrogens is 308 g/mol. The van der Waals surface area contributed by atoms with Crippen LogP contribution in [0.4, 0.5) is 5.82 Å². The van der Waals surface area contributed by atoms with Crippen LogP contribution in [-0.4, -0.2) is 51.5 Å². The summed E-state index contributed by atoms with van der Waals surface area (Å²) in [5.41, 5.74) is 1.59. The van der Waals surface area contributed by atoms with Crippen LogP contribution in [0.3, 0.4) is 0 Å². The summed E-state index contributed by atoms with van der Waals surface area (Å²) in [5.74, 6) is 1.35.